The smallest absolute Gasteiger partial charge is 0.128 e. The number of anilines is 1. The van der Waals surface area contributed by atoms with Crippen molar-refractivity contribution in [1.29, 1.82) is 0 Å². The predicted octanol–water partition coefficient (Wildman–Crippen LogP) is 2.66. The molecule has 2 atom stereocenters. The Kier molecular flexibility index (Phi) is 6.02. The summed E-state index contributed by atoms with van der Waals surface area (Å²) in [6.45, 7) is 4.85. The van der Waals surface area contributed by atoms with E-state index >= 15 is 0 Å². The molecule has 2 aliphatic rings. The Balaban J connectivity index is 1.22. The fourth-order valence-corrected chi connectivity index (χ4v) is 4.16. The van der Waals surface area contributed by atoms with Gasteiger partial charge >= 0.3 is 0 Å². The Morgan fingerprint density at radius 2 is 1.89 bits per heavy atom. The van der Waals surface area contributed by atoms with Gasteiger partial charge in [0.1, 0.15) is 5.82 Å². The van der Waals surface area contributed by atoms with Crippen LogP contribution in [0.15, 0.2) is 48.7 Å². The minimum atomic E-state index is -0.444. The Hall–Kier alpha value is -1.95. The summed E-state index contributed by atoms with van der Waals surface area (Å²) >= 11 is 0. The number of pyridine rings is 1. The third-order valence-corrected chi connectivity index (χ3v) is 5.62. The van der Waals surface area contributed by atoms with Crippen LogP contribution in [-0.4, -0.2) is 60.4 Å². The Morgan fingerprint density at radius 1 is 1.07 bits per heavy atom. The maximum absolute atomic E-state index is 10.5. The third-order valence-electron chi connectivity index (χ3n) is 5.62. The molecule has 0 spiro atoms. The lowest BCUT2D eigenvalue weighted by Gasteiger charge is -2.36. The van der Waals surface area contributed by atoms with Gasteiger partial charge in [-0.25, -0.2) is 4.98 Å². The molecule has 5 heteroatoms. The van der Waals surface area contributed by atoms with E-state index in [1.165, 1.54) is 11.1 Å². The SMILES string of the molecule is O[C@@H](CO[C@@H]1CCCc2ccccc21)CN1CCN(c2ccccn2)CC1. The highest BCUT2D eigenvalue weighted by Gasteiger charge is 2.23. The molecule has 0 saturated carbocycles. The van der Waals surface area contributed by atoms with Crippen LogP contribution in [0.4, 0.5) is 5.82 Å². The van der Waals surface area contributed by atoms with Gasteiger partial charge in [0.2, 0.25) is 0 Å². The fourth-order valence-electron chi connectivity index (χ4n) is 4.16. The summed E-state index contributed by atoms with van der Waals surface area (Å²) in [6, 6.07) is 14.6. The summed E-state index contributed by atoms with van der Waals surface area (Å²) in [5.74, 6) is 1.04. The van der Waals surface area contributed by atoms with E-state index in [-0.39, 0.29) is 6.10 Å². The highest BCUT2D eigenvalue weighted by Crippen LogP contribution is 2.32. The topological polar surface area (TPSA) is 48.8 Å². The van der Waals surface area contributed by atoms with Gasteiger partial charge in [-0.05, 0) is 42.5 Å². The number of aryl methyl sites for hydroxylation is 1. The number of nitrogens with zero attached hydrogens (tertiary/aromatic N) is 3. The first-order chi connectivity index (χ1) is 13.3. The molecule has 2 heterocycles. The lowest BCUT2D eigenvalue weighted by atomic mass is 9.89. The van der Waals surface area contributed by atoms with E-state index < -0.39 is 6.10 Å². The summed E-state index contributed by atoms with van der Waals surface area (Å²) in [5.41, 5.74) is 2.70. The van der Waals surface area contributed by atoms with Crippen LogP contribution >= 0.6 is 0 Å². The molecule has 1 aromatic carbocycles. The number of rotatable bonds is 6. The molecule has 1 aliphatic carbocycles. The maximum Gasteiger partial charge on any atom is 0.128 e. The number of fused-ring (bicyclic) bond motifs is 1. The van der Waals surface area contributed by atoms with Crippen molar-refractivity contribution in [1.82, 2.24) is 9.88 Å². The van der Waals surface area contributed by atoms with Crippen LogP contribution in [0.2, 0.25) is 0 Å². The second kappa shape index (κ2) is 8.83. The van der Waals surface area contributed by atoms with Crippen molar-refractivity contribution in [3.05, 3.63) is 59.8 Å². The number of ether oxygens (including phenoxy) is 1. The predicted molar refractivity (Wildman–Crippen MR) is 107 cm³/mol. The zero-order valence-electron chi connectivity index (χ0n) is 15.8. The van der Waals surface area contributed by atoms with E-state index in [1.54, 1.807) is 0 Å². The molecule has 1 N–H and O–H groups in total. The second-order valence-corrected chi connectivity index (χ2v) is 7.54. The van der Waals surface area contributed by atoms with Crippen LogP contribution in [-0.2, 0) is 11.2 Å². The van der Waals surface area contributed by atoms with E-state index in [0.717, 1.165) is 51.3 Å². The molecule has 1 saturated heterocycles. The lowest BCUT2D eigenvalue weighted by Crippen LogP contribution is -2.49. The number of hydrogen-bond acceptors (Lipinski definition) is 5. The van der Waals surface area contributed by atoms with E-state index in [4.69, 9.17) is 4.74 Å². The van der Waals surface area contributed by atoms with Crippen molar-refractivity contribution in [2.75, 3.05) is 44.2 Å². The van der Waals surface area contributed by atoms with Gasteiger partial charge < -0.3 is 14.7 Å². The van der Waals surface area contributed by atoms with Crippen molar-refractivity contribution in [3.8, 4) is 0 Å². The van der Waals surface area contributed by atoms with Gasteiger partial charge in [-0.3, -0.25) is 4.90 Å². The Labute approximate surface area is 161 Å². The van der Waals surface area contributed by atoms with Gasteiger partial charge in [0.05, 0.1) is 18.8 Å². The second-order valence-electron chi connectivity index (χ2n) is 7.54. The molecule has 0 radical (unpaired) electrons. The minimum absolute atomic E-state index is 0.130. The molecule has 27 heavy (non-hydrogen) atoms. The van der Waals surface area contributed by atoms with Gasteiger partial charge in [0, 0.05) is 38.9 Å². The molecule has 4 rings (SSSR count). The van der Waals surface area contributed by atoms with E-state index in [1.807, 2.05) is 18.3 Å². The zero-order valence-corrected chi connectivity index (χ0v) is 15.8. The number of aliphatic hydroxyl groups excluding tert-OH is 1. The average Bonchev–Trinajstić information content (AvgIpc) is 2.73. The van der Waals surface area contributed by atoms with E-state index in [0.29, 0.717) is 13.2 Å². The molecule has 0 amide bonds. The van der Waals surface area contributed by atoms with Crippen LogP contribution in [0.3, 0.4) is 0 Å². The summed E-state index contributed by atoms with van der Waals surface area (Å²) in [5, 5.41) is 10.5. The Bertz CT molecular complexity index is 717. The number of β-amino-alcohol motifs (C(OH)–C–C–N with tert-alkyl or cyclic N) is 1. The van der Waals surface area contributed by atoms with Gasteiger partial charge in [-0.1, -0.05) is 30.3 Å². The molecule has 144 valence electrons. The summed E-state index contributed by atoms with van der Waals surface area (Å²) in [4.78, 5) is 9.05. The van der Waals surface area contributed by atoms with Crippen molar-refractivity contribution in [2.24, 2.45) is 0 Å². The summed E-state index contributed by atoms with van der Waals surface area (Å²) in [6.07, 6.45) is 4.87. The van der Waals surface area contributed by atoms with Crippen molar-refractivity contribution < 1.29 is 9.84 Å². The summed E-state index contributed by atoms with van der Waals surface area (Å²) < 4.78 is 6.11. The number of aliphatic hydroxyl groups is 1. The fraction of sp³-hybridized carbons (Fsp3) is 0.500. The standard InChI is InChI=1S/C22H29N3O2/c26-19(17-27-21-9-5-7-18-6-1-2-8-20(18)21)16-24-12-14-25(15-13-24)22-10-3-4-11-23-22/h1-4,6,8,10-11,19,21,26H,5,7,9,12-17H2/t19-,21-/m1/s1. The molecule has 0 bridgehead atoms. The molecule has 1 aromatic heterocycles. The van der Waals surface area contributed by atoms with E-state index in [2.05, 4.69) is 45.1 Å². The number of aromatic nitrogens is 1. The number of hydrogen-bond donors (Lipinski definition) is 1. The molecule has 1 aliphatic heterocycles. The monoisotopic (exact) mass is 367 g/mol. The highest BCUT2D eigenvalue weighted by molar-refractivity contribution is 5.38. The Morgan fingerprint density at radius 3 is 2.70 bits per heavy atom. The van der Waals surface area contributed by atoms with Gasteiger partial charge in [0.15, 0.2) is 0 Å². The quantitative estimate of drug-likeness (QED) is 0.851. The normalized spacial score (nSPS) is 21.7. The third kappa shape index (κ3) is 4.67. The van der Waals surface area contributed by atoms with Crippen molar-refractivity contribution in [3.63, 3.8) is 0 Å². The molecular formula is C22H29N3O2. The molecule has 1 fully saturated rings. The van der Waals surface area contributed by atoms with Crippen molar-refractivity contribution in [2.45, 2.75) is 31.5 Å². The minimum Gasteiger partial charge on any atom is -0.389 e. The van der Waals surface area contributed by atoms with Crippen LogP contribution in [0.1, 0.15) is 30.1 Å². The van der Waals surface area contributed by atoms with Crippen molar-refractivity contribution >= 4 is 5.82 Å². The number of piperazine rings is 1. The first kappa shape index (κ1) is 18.4. The molecule has 2 aromatic rings. The molecule has 5 nitrogen and oxygen atoms in total. The van der Waals surface area contributed by atoms with Gasteiger partial charge in [-0.2, -0.15) is 0 Å². The molecular weight excluding hydrogens is 338 g/mol. The van der Waals surface area contributed by atoms with Crippen LogP contribution < -0.4 is 4.90 Å². The first-order valence-corrected chi connectivity index (χ1v) is 10.1. The van der Waals surface area contributed by atoms with Gasteiger partial charge in [-0.15, -0.1) is 0 Å². The average molecular weight is 367 g/mol. The largest absolute Gasteiger partial charge is 0.389 e. The van der Waals surface area contributed by atoms with Gasteiger partial charge in [0.25, 0.3) is 0 Å². The highest BCUT2D eigenvalue weighted by atomic mass is 16.5. The number of benzene rings is 1. The molecule has 0 unspecified atom stereocenters. The van der Waals surface area contributed by atoms with Crippen LogP contribution in [0.25, 0.3) is 0 Å². The lowest BCUT2D eigenvalue weighted by molar-refractivity contribution is -0.0285. The van der Waals surface area contributed by atoms with Crippen LogP contribution in [0, 0.1) is 0 Å². The van der Waals surface area contributed by atoms with E-state index in [9.17, 15) is 5.11 Å². The zero-order chi connectivity index (χ0) is 18.5. The first-order valence-electron chi connectivity index (χ1n) is 10.1. The maximum atomic E-state index is 10.5. The summed E-state index contributed by atoms with van der Waals surface area (Å²) in [7, 11) is 0. The van der Waals surface area contributed by atoms with Crippen LogP contribution in [0.5, 0.6) is 0 Å².